The number of rotatable bonds is 6. The second-order valence-electron chi connectivity index (χ2n) is 7.57. The Labute approximate surface area is 157 Å². The maximum atomic E-state index is 13.5. The highest BCUT2D eigenvalue weighted by Crippen LogP contribution is 2.39. The fourth-order valence-electron chi connectivity index (χ4n) is 4.38. The first-order chi connectivity index (χ1) is 13.2. The van der Waals surface area contributed by atoms with E-state index in [0.717, 1.165) is 25.0 Å². The molecule has 2 aliphatic heterocycles. The van der Waals surface area contributed by atoms with Crippen LogP contribution in [0.15, 0.2) is 12.4 Å². The van der Waals surface area contributed by atoms with Gasteiger partial charge in [-0.15, -0.1) is 0 Å². The third kappa shape index (κ3) is 4.06. The Kier molecular flexibility index (Phi) is 5.82. The van der Waals surface area contributed by atoms with Gasteiger partial charge in [-0.2, -0.15) is 0 Å². The molecule has 3 heterocycles. The smallest absolute Gasteiger partial charge is 0.150 e. The van der Waals surface area contributed by atoms with E-state index in [0.29, 0.717) is 31.0 Å². The van der Waals surface area contributed by atoms with Gasteiger partial charge < -0.3 is 14.4 Å². The predicted octanol–water partition coefficient (Wildman–Crippen LogP) is 1.32. The number of aromatic nitrogens is 2. The van der Waals surface area contributed by atoms with Crippen LogP contribution in [-0.4, -0.2) is 67.9 Å². The van der Waals surface area contributed by atoms with Crippen LogP contribution < -0.4 is 15.8 Å². The molecule has 27 heavy (non-hydrogen) atoms. The quantitative estimate of drug-likeness (QED) is 0.718. The van der Waals surface area contributed by atoms with E-state index in [2.05, 4.69) is 20.8 Å². The molecule has 150 valence electrons. The molecule has 0 bridgehead atoms. The molecule has 0 spiro atoms. The monoisotopic (exact) mass is 383 g/mol. The molecule has 7 nitrogen and oxygen atoms in total. The van der Waals surface area contributed by atoms with Gasteiger partial charge in [-0.3, -0.25) is 5.43 Å². The van der Waals surface area contributed by atoms with E-state index in [1.165, 1.54) is 6.33 Å². The Morgan fingerprint density at radius 2 is 1.96 bits per heavy atom. The van der Waals surface area contributed by atoms with E-state index in [1.807, 2.05) is 6.07 Å². The van der Waals surface area contributed by atoms with Crippen LogP contribution in [0, 0.1) is 5.92 Å². The SMILES string of the molecule is COCCOC1CCC2NNC(c3cc(N4C[C@H](F)[C@@H](F)C4)ncn3)C2C1. The number of anilines is 1. The lowest BCUT2D eigenvalue weighted by Crippen LogP contribution is -2.37. The van der Waals surface area contributed by atoms with Crippen LogP contribution in [0.1, 0.15) is 31.0 Å². The molecular weight excluding hydrogens is 356 g/mol. The number of nitrogens with zero attached hydrogens (tertiary/aromatic N) is 3. The molecule has 0 amide bonds. The third-order valence-corrected chi connectivity index (χ3v) is 5.84. The van der Waals surface area contributed by atoms with Gasteiger partial charge in [0.05, 0.1) is 44.1 Å². The summed E-state index contributed by atoms with van der Waals surface area (Å²) in [5, 5.41) is 0. The summed E-state index contributed by atoms with van der Waals surface area (Å²) in [5.41, 5.74) is 7.57. The minimum atomic E-state index is -1.46. The number of hydrazine groups is 1. The van der Waals surface area contributed by atoms with Gasteiger partial charge in [-0.05, 0) is 19.3 Å². The average molecular weight is 383 g/mol. The largest absolute Gasteiger partial charge is 0.382 e. The van der Waals surface area contributed by atoms with Crippen molar-refractivity contribution in [3.05, 3.63) is 18.1 Å². The van der Waals surface area contributed by atoms with Crippen molar-refractivity contribution < 1.29 is 18.3 Å². The maximum Gasteiger partial charge on any atom is 0.150 e. The lowest BCUT2D eigenvalue weighted by molar-refractivity contribution is -0.0151. The van der Waals surface area contributed by atoms with Crippen LogP contribution >= 0.6 is 0 Å². The number of nitrogens with one attached hydrogen (secondary N) is 2. The molecule has 4 rings (SSSR count). The molecule has 3 fully saturated rings. The van der Waals surface area contributed by atoms with Gasteiger partial charge in [0.1, 0.15) is 12.1 Å². The number of hydrogen-bond donors (Lipinski definition) is 2. The molecule has 1 aromatic heterocycles. The first-order valence-electron chi connectivity index (χ1n) is 9.62. The molecule has 9 heteroatoms. The number of methoxy groups -OCH3 is 1. The van der Waals surface area contributed by atoms with Crippen molar-refractivity contribution in [3.63, 3.8) is 0 Å². The normalized spacial score (nSPS) is 36.2. The van der Waals surface area contributed by atoms with Gasteiger partial charge in [0.2, 0.25) is 0 Å². The Hall–Kier alpha value is -1.42. The zero-order valence-corrected chi connectivity index (χ0v) is 15.5. The minimum Gasteiger partial charge on any atom is -0.382 e. The first-order valence-corrected chi connectivity index (χ1v) is 9.62. The summed E-state index contributed by atoms with van der Waals surface area (Å²) in [6.07, 6.45) is 1.76. The molecule has 2 N–H and O–H groups in total. The summed E-state index contributed by atoms with van der Waals surface area (Å²) in [6.45, 7) is 1.27. The van der Waals surface area contributed by atoms with Gasteiger partial charge in [0.25, 0.3) is 0 Å². The van der Waals surface area contributed by atoms with E-state index < -0.39 is 12.3 Å². The van der Waals surface area contributed by atoms with Gasteiger partial charge in [0, 0.05) is 25.1 Å². The molecular formula is C18H27F2N5O2. The molecule has 6 atom stereocenters. The van der Waals surface area contributed by atoms with E-state index in [1.54, 1.807) is 12.0 Å². The molecule has 4 unspecified atom stereocenters. The molecule has 3 aliphatic rings. The van der Waals surface area contributed by atoms with Gasteiger partial charge in [-0.25, -0.2) is 24.2 Å². The average Bonchev–Trinajstić information content (AvgIpc) is 3.25. The second-order valence-corrected chi connectivity index (χ2v) is 7.57. The van der Waals surface area contributed by atoms with Crippen LogP contribution in [0.25, 0.3) is 0 Å². The molecule has 2 saturated heterocycles. The fourth-order valence-corrected chi connectivity index (χ4v) is 4.38. The van der Waals surface area contributed by atoms with Crippen molar-refractivity contribution in [2.24, 2.45) is 5.92 Å². The third-order valence-electron chi connectivity index (χ3n) is 5.84. The molecule has 1 aliphatic carbocycles. The minimum absolute atomic E-state index is 0.0236. The summed E-state index contributed by atoms with van der Waals surface area (Å²) in [7, 11) is 1.67. The highest BCUT2D eigenvalue weighted by Gasteiger charge is 2.42. The summed E-state index contributed by atoms with van der Waals surface area (Å²) in [4.78, 5) is 10.3. The van der Waals surface area contributed by atoms with Crippen LogP contribution in [0.2, 0.25) is 0 Å². The first kappa shape index (κ1) is 18.9. The van der Waals surface area contributed by atoms with Crippen molar-refractivity contribution >= 4 is 5.82 Å². The van der Waals surface area contributed by atoms with Gasteiger partial charge >= 0.3 is 0 Å². The Morgan fingerprint density at radius 3 is 2.74 bits per heavy atom. The lowest BCUT2D eigenvalue weighted by Gasteiger charge is -2.33. The summed E-state index contributed by atoms with van der Waals surface area (Å²) in [5.74, 6) is 0.923. The van der Waals surface area contributed by atoms with Crippen molar-refractivity contribution in [3.8, 4) is 0 Å². The van der Waals surface area contributed by atoms with Crippen molar-refractivity contribution in [1.82, 2.24) is 20.8 Å². The van der Waals surface area contributed by atoms with Crippen LogP contribution in [-0.2, 0) is 9.47 Å². The number of ether oxygens (including phenoxy) is 2. The molecule has 1 aromatic rings. The van der Waals surface area contributed by atoms with Crippen LogP contribution in [0.3, 0.4) is 0 Å². The van der Waals surface area contributed by atoms with Gasteiger partial charge in [0.15, 0.2) is 12.3 Å². The van der Waals surface area contributed by atoms with Crippen LogP contribution in [0.5, 0.6) is 0 Å². The van der Waals surface area contributed by atoms with E-state index in [9.17, 15) is 8.78 Å². The highest BCUT2D eigenvalue weighted by atomic mass is 19.2. The highest BCUT2D eigenvalue weighted by molar-refractivity contribution is 5.42. The summed E-state index contributed by atoms with van der Waals surface area (Å²) < 4.78 is 38.1. The fraction of sp³-hybridized carbons (Fsp3) is 0.778. The zero-order chi connectivity index (χ0) is 18.8. The maximum absolute atomic E-state index is 13.5. The number of alkyl halides is 2. The van der Waals surface area contributed by atoms with E-state index in [-0.39, 0.29) is 25.2 Å². The van der Waals surface area contributed by atoms with Crippen LogP contribution in [0.4, 0.5) is 14.6 Å². The van der Waals surface area contributed by atoms with E-state index >= 15 is 0 Å². The second kappa shape index (κ2) is 8.30. The van der Waals surface area contributed by atoms with Crippen molar-refractivity contribution in [1.29, 1.82) is 0 Å². The molecule has 1 saturated carbocycles. The topological polar surface area (TPSA) is 71.5 Å². The number of fused-ring (bicyclic) bond motifs is 1. The molecule has 0 aromatic carbocycles. The standard InChI is InChI=1S/C18H27F2N5O2/c1-26-4-5-27-11-2-3-15-12(6-11)18(24-23-15)16-7-17(22-10-21-16)25-8-13(19)14(20)9-25/h7,10-15,18,23-24H,2-6,8-9H2,1H3/t11?,12?,13-,14-,15?,18?/m0/s1. The van der Waals surface area contributed by atoms with Gasteiger partial charge in [-0.1, -0.05) is 0 Å². The summed E-state index contributed by atoms with van der Waals surface area (Å²) in [6, 6.07) is 2.24. The van der Waals surface area contributed by atoms with E-state index in [4.69, 9.17) is 9.47 Å². The lowest BCUT2D eigenvalue weighted by atomic mass is 9.79. The Balaban J connectivity index is 1.44. The molecule has 0 radical (unpaired) electrons. The zero-order valence-electron chi connectivity index (χ0n) is 15.5. The Morgan fingerprint density at radius 1 is 1.15 bits per heavy atom. The van der Waals surface area contributed by atoms with Crippen molar-refractivity contribution in [2.75, 3.05) is 38.3 Å². The van der Waals surface area contributed by atoms with Crippen molar-refractivity contribution in [2.45, 2.75) is 49.8 Å². The summed E-state index contributed by atoms with van der Waals surface area (Å²) >= 11 is 0. The predicted molar refractivity (Wildman–Crippen MR) is 95.8 cm³/mol. The Bertz CT molecular complexity index is 630. The number of halogens is 2. The number of hydrogen-bond acceptors (Lipinski definition) is 7.